The van der Waals surface area contributed by atoms with Crippen molar-refractivity contribution in [3.8, 4) is 6.07 Å². The third kappa shape index (κ3) is 4.79. The molecule has 152 valence electrons. The number of nitriles is 1. The average Bonchev–Trinajstić information content (AvgIpc) is 2.73. The van der Waals surface area contributed by atoms with Gasteiger partial charge < -0.3 is 10.2 Å². The third-order valence-corrected chi connectivity index (χ3v) is 6.96. The molecule has 1 saturated heterocycles. The summed E-state index contributed by atoms with van der Waals surface area (Å²) >= 11 is 0. The fraction of sp³-hybridized carbons (Fsp3) is 0.300. The highest BCUT2D eigenvalue weighted by atomic mass is 32.2. The number of carbonyl (C=O) groups excluding carboxylic acids is 1. The summed E-state index contributed by atoms with van der Waals surface area (Å²) in [5, 5.41) is 11.8. The molecular formula is C20H22FN4O3S+. The Morgan fingerprint density at radius 1 is 1.21 bits per heavy atom. The minimum atomic E-state index is -3.76. The lowest BCUT2D eigenvalue weighted by Crippen LogP contribution is -3.19. The van der Waals surface area contributed by atoms with Crippen LogP contribution in [0.5, 0.6) is 0 Å². The van der Waals surface area contributed by atoms with E-state index in [-0.39, 0.29) is 29.9 Å². The van der Waals surface area contributed by atoms with Gasteiger partial charge >= 0.3 is 0 Å². The topological polar surface area (TPSA) is 94.7 Å². The number of quaternary nitrogens is 1. The highest BCUT2D eigenvalue weighted by Crippen LogP contribution is 2.16. The Morgan fingerprint density at radius 3 is 2.55 bits per heavy atom. The zero-order valence-electron chi connectivity index (χ0n) is 15.9. The molecule has 0 bridgehead atoms. The molecule has 7 nitrogen and oxygen atoms in total. The van der Waals surface area contributed by atoms with E-state index in [1.165, 1.54) is 22.5 Å². The van der Waals surface area contributed by atoms with Crippen LogP contribution in [0.1, 0.15) is 12.5 Å². The standard InChI is InChI=1S/C20H21FN4O3S/c1-15(20(26)23-18-6-2-4-16(12-18)14-22)24-8-10-25(11-9-24)29(27,28)19-7-3-5-17(21)13-19/h2-7,12-13,15H,8-11H2,1H3,(H,23,26)/p+1/t15-/m1/s1. The second-order valence-electron chi connectivity index (χ2n) is 6.92. The molecule has 1 amide bonds. The monoisotopic (exact) mass is 417 g/mol. The largest absolute Gasteiger partial charge is 0.323 e. The summed E-state index contributed by atoms with van der Waals surface area (Å²) < 4.78 is 40.1. The SMILES string of the molecule is C[C@H](C(=O)Nc1cccc(C#N)c1)[NH+]1CCN(S(=O)(=O)c2cccc(F)c2)CC1. The van der Waals surface area contributed by atoms with Gasteiger partial charge in [0.2, 0.25) is 10.0 Å². The highest BCUT2D eigenvalue weighted by Gasteiger charge is 2.34. The van der Waals surface area contributed by atoms with Crippen molar-refractivity contribution < 1.29 is 22.5 Å². The van der Waals surface area contributed by atoms with Crippen LogP contribution >= 0.6 is 0 Å². The number of sulfonamides is 1. The molecule has 1 atom stereocenters. The number of nitrogens with zero attached hydrogens (tertiary/aromatic N) is 2. The first-order chi connectivity index (χ1) is 13.8. The minimum absolute atomic E-state index is 0.0656. The summed E-state index contributed by atoms with van der Waals surface area (Å²) in [5.74, 6) is -0.794. The molecule has 0 aromatic heterocycles. The van der Waals surface area contributed by atoms with Crippen LogP contribution in [-0.2, 0) is 14.8 Å². The van der Waals surface area contributed by atoms with E-state index in [1.807, 2.05) is 6.07 Å². The second-order valence-corrected chi connectivity index (χ2v) is 8.86. The van der Waals surface area contributed by atoms with E-state index in [0.717, 1.165) is 11.0 Å². The van der Waals surface area contributed by atoms with Crippen LogP contribution in [0.15, 0.2) is 53.4 Å². The smallest absolute Gasteiger partial charge is 0.282 e. The number of rotatable bonds is 5. The molecule has 1 heterocycles. The maximum atomic E-state index is 13.4. The predicted octanol–water partition coefficient (Wildman–Crippen LogP) is 0.614. The Hall–Kier alpha value is -2.80. The van der Waals surface area contributed by atoms with Crippen LogP contribution in [0, 0.1) is 17.1 Å². The van der Waals surface area contributed by atoms with Crippen molar-refractivity contribution in [1.29, 1.82) is 5.26 Å². The molecule has 1 fully saturated rings. The number of piperazine rings is 1. The van der Waals surface area contributed by atoms with Crippen LogP contribution < -0.4 is 10.2 Å². The van der Waals surface area contributed by atoms with Gasteiger partial charge in [0.1, 0.15) is 5.82 Å². The van der Waals surface area contributed by atoms with E-state index in [2.05, 4.69) is 5.32 Å². The van der Waals surface area contributed by atoms with Crippen molar-refractivity contribution in [2.75, 3.05) is 31.5 Å². The van der Waals surface area contributed by atoms with Crippen LogP contribution in [0.4, 0.5) is 10.1 Å². The molecule has 2 N–H and O–H groups in total. The Morgan fingerprint density at radius 2 is 1.90 bits per heavy atom. The minimum Gasteiger partial charge on any atom is -0.323 e. The maximum Gasteiger partial charge on any atom is 0.282 e. The van der Waals surface area contributed by atoms with E-state index in [1.54, 1.807) is 31.2 Å². The first-order valence-electron chi connectivity index (χ1n) is 9.22. The van der Waals surface area contributed by atoms with Gasteiger partial charge in [-0.2, -0.15) is 9.57 Å². The fourth-order valence-electron chi connectivity index (χ4n) is 3.33. The second kappa shape index (κ2) is 8.69. The third-order valence-electron chi connectivity index (χ3n) is 5.06. The molecule has 29 heavy (non-hydrogen) atoms. The van der Waals surface area contributed by atoms with Crippen LogP contribution in [-0.4, -0.2) is 50.9 Å². The lowest BCUT2D eigenvalue weighted by molar-refractivity contribution is -0.917. The van der Waals surface area contributed by atoms with Crippen molar-refractivity contribution in [3.05, 3.63) is 59.9 Å². The molecule has 1 aliphatic heterocycles. The van der Waals surface area contributed by atoms with Gasteiger partial charge in [-0.05, 0) is 43.3 Å². The fourth-order valence-corrected chi connectivity index (χ4v) is 4.80. The lowest BCUT2D eigenvalue weighted by Gasteiger charge is -2.34. The van der Waals surface area contributed by atoms with Crippen molar-refractivity contribution in [2.45, 2.75) is 17.9 Å². The Labute approximate surface area is 169 Å². The number of amides is 1. The van der Waals surface area contributed by atoms with E-state index in [0.29, 0.717) is 24.3 Å². The summed E-state index contributed by atoms with van der Waals surface area (Å²) in [6.45, 7) is 3.20. The summed E-state index contributed by atoms with van der Waals surface area (Å²) in [6, 6.07) is 13.3. The van der Waals surface area contributed by atoms with Gasteiger partial charge in [-0.1, -0.05) is 12.1 Å². The molecular weight excluding hydrogens is 395 g/mol. The summed E-state index contributed by atoms with van der Waals surface area (Å²) in [7, 11) is -3.76. The highest BCUT2D eigenvalue weighted by molar-refractivity contribution is 7.89. The van der Waals surface area contributed by atoms with E-state index >= 15 is 0 Å². The Balaban J connectivity index is 1.61. The van der Waals surface area contributed by atoms with Crippen molar-refractivity contribution in [2.24, 2.45) is 0 Å². The Kier molecular flexibility index (Phi) is 6.27. The first-order valence-corrected chi connectivity index (χ1v) is 10.7. The Bertz CT molecular complexity index is 1040. The number of carbonyl (C=O) groups is 1. The normalized spacial score (nSPS) is 16.7. The maximum absolute atomic E-state index is 13.4. The summed E-state index contributed by atoms with van der Waals surface area (Å²) in [5.41, 5.74) is 1.01. The molecule has 0 unspecified atom stereocenters. The average molecular weight is 417 g/mol. The first kappa shape index (κ1) is 20.9. The van der Waals surface area contributed by atoms with E-state index < -0.39 is 15.8 Å². The summed E-state index contributed by atoms with van der Waals surface area (Å²) in [6.07, 6.45) is 0. The predicted molar refractivity (Wildman–Crippen MR) is 105 cm³/mol. The molecule has 0 saturated carbocycles. The molecule has 9 heteroatoms. The molecule has 0 spiro atoms. The van der Waals surface area contributed by atoms with E-state index in [4.69, 9.17) is 5.26 Å². The van der Waals surface area contributed by atoms with Crippen molar-refractivity contribution in [1.82, 2.24) is 4.31 Å². The van der Waals surface area contributed by atoms with Gasteiger partial charge in [-0.3, -0.25) is 4.79 Å². The number of hydrogen-bond donors (Lipinski definition) is 2. The number of anilines is 1. The molecule has 0 aliphatic carbocycles. The van der Waals surface area contributed by atoms with Gasteiger partial charge in [-0.25, -0.2) is 12.8 Å². The number of nitrogens with one attached hydrogen (secondary N) is 2. The van der Waals surface area contributed by atoms with Gasteiger partial charge in [-0.15, -0.1) is 0 Å². The molecule has 2 aromatic carbocycles. The van der Waals surface area contributed by atoms with Crippen LogP contribution in [0.2, 0.25) is 0 Å². The molecule has 1 aliphatic rings. The number of halogens is 1. The molecule has 0 radical (unpaired) electrons. The van der Waals surface area contributed by atoms with Gasteiger partial charge in [0.25, 0.3) is 5.91 Å². The molecule has 3 rings (SSSR count). The quantitative estimate of drug-likeness (QED) is 0.746. The van der Waals surface area contributed by atoms with Crippen LogP contribution in [0.3, 0.4) is 0 Å². The zero-order chi connectivity index (χ0) is 21.0. The van der Waals surface area contributed by atoms with E-state index in [9.17, 15) is 17.6 Å². The van der Waals surface area contributed by atoms with Gasteiger partial charge in [0, 0.05) is 5.69 Å². The number of hydrogen-bond acceptors (Lipinski definition) is 4. The lowest BCUT2D eigenvalue weighted by atomic mass is 10.2. The van der Waals surface area contributed by atoms with Gasteiger partial charge in [0.15, 0.2) is 6.04 Å². The summed E-state index contributed by atoms with van der Waals surface area (Å²) in [4.78, 5) is 13.5. The van der Waals surface area contributed by atoms with Crippen molar-refractivity contribution >= 4 is 21.6 Å². The molecule has 2 aromatic rings. The number of benzene rings is 2. The van der Waals surface area contributed by atoms with Gasteiger partial charge in [0.05, 0.1) is 42.7 Å². The van der Waals surface area contributed by atoms with Crippen LogP contribution in [0.25, 0.3) is 0 Å². The zero-order valence-corrected chi connectivity index (χ0v) is 16.7. The van der Waals surface area contributed by atoms with Crippen molar-refractivity contribution in [3.63, 3.8) is 0 Å².